The molecule has 2 saturated heterocycles. The molecule has 1 unspecified atom stereocenters. The first kappa shape index (κ1) is 23.8. The second-order valence-corrected chi connectivity index (χ2v) is 9.95. The minimum absolute atomic E-state index is 0.112. The molecule has 37 heavy (non-hydrogen) atoms. The molecule has 2 amide bonds. The predicted octanol–water partition coefficient (Wildman–Crippen LogP) is 0.644. The van der Waals surface area contributed by atoms with Crippen molar-refractivity contribution in [1.82, 2.24) is 24.8 Å². The van der Waals surface area contributed by atoms with Gasteiger partial charge in [0.1, 0.15) is 42.0 Å². The van der Waals surface area contributed by atoms with Crippen LogP contribution in [0.5, 0.6) is 0 Å². The van der Waals surface area contributed by atoms with Gasteiger partial charge in [0.05, 0.1) is 11.4 Å². The van der Waals surface area contributed by atoms with Gasteiger partial charge in [0.15, 0.2) is 0 Å². The van der Waals surface area contributed by atoms with Crippen molar-refractivity contribution in [3.8, 4) is 0 Å². The first-order valence-corrected chi connectivity index (χ1v) is 12.7. The van der Waals surface area contributed by atoms with E-state index in [-0.39, 0.29) is 44.8 Å². The fraction of sp³-hybridized carbons (Fsp3) is 0.500. The van der Waals surface area contributed by atoms with Crippen molar-refractivity contribution in [2.45, 2.75) is 43.7 Å². The number of hydrogen-bond donors (Lipinski definition) is 1. The summed E-state index contributed by atoms with van der Waals surface area (Å²) in [5.74, 6) is -2.94. The van der Waals surface area contributed by atoms with Gasteiger partial charge in [-0.2, -0.15) is 0 Å². The summed E-state index contributed by atoms with van der Waals surface area (Å²) < 4.78 is 13.9. The van der Waals surface area contributed by atoms with Gasteiger partial charge >= 0.3 is 5.97 Å². The minimum atomic E-state index is -1.34. The lowest BCUT2D eigenvalue weighted by Gasteiger charge is -2.38. The van der Waals surface area contributed by atoms with Gasteiger partial charge in [0.25, 0.3) is 5.91 Å². The fourth-order valence-corrected chi connectivity index (χ4v) is 6.43. The Balaban J connectivity index is 1.43. The summed E-state index contributed by atoms with van der Waals surface area (Å²) in [6, 6.07) is 6.49. The highest BCUT2D eigenvalue weighted by Gasteiger charge is 2.75. The topological polar surface area (TPSA) is 127 Å². The number of esters is 1. The Kier molecular flexibility index (Phi) is 5.64. The van der Waals surface area contributed by atoms with E-state index in [1.54, 1.807) is 21.7 Å². The first-order valence-electron chi connectivity index (χ1n) is 12.7. The highest BCUT2D eigenvalue weighted by molar-refractivity contribution is 5.99. The van der Waals surface area contributed by atoms with Gasteiger partial charge in [-0.3, -0.25) is 14.4 Å². The van der Waals surface area contributed by atoms with Crippen LogP contribution in [0.2, 0.25) is 0 Å². The monoisotopic (exact) mass is 507 g/mol. The van der Waals surface area contributed by atoms with Gasteiger partial charge in [0, 0.05) is 19.7 Å². The van der Waals surface area contributed by atoms with Crippen LogP contribution in [0.25, 0.3) is 11.0 Å². The standard InChI is InChI=1S/C26H29N5O6/c1-2-25-10-6-15-36-24(35)20(25)19-22(33)30(13-7-14-32)21-23(34)29(12-5-11-26(19,21)37-25)16-31-18-9-4-3-8-17(18)27-28-31/h3-6,8-11,19-21,32H,2,7,12-16H2,1H3/t19-,20+,21?,25-,26-/m0/s1. The van der Waals surface area contributed by atoms with E-state index in [0.717, 1.165) is 5.52 Å². The number of carbonyl (C=O) groups excluding carboxylic acids is 3. The summed E-state index contributed by atoms with van der Waals surface area (Å²) in [5, 5.41) is 17.9. The lowest BCUT2D eigenvalue weighted by Crippen LogP contribution is -2.56. The summed E-state index contributed by atoms with van der Waals surface area (Å²) in [4.78, 5) is 44.5. The van der Waals surface area contributed by atoms with Crippen molar-refractivity contribution in [3.63, 3.8) is 0 Å². The van der Waals surface area contributed by atoms with Crippen LogP contribution in [0.1, 0.15) is 19.8 Å². The highest BCUT2D eigenvalue weighted by Crippen LogP contribution is 2.58. The molecule has 11 nitrogen and oxygen atoms in total. The molecule has 1 aromatic heterocycles. The molecule has 0 saturated carbocycles. The maximum Gasteiger partial charge on any atom is 0.313 e. The highest BCUT2D eigenvalue weighted by atomic mass is 16.6. The molecule has 1 spiro atoms. The minimum Gasteiger partial charge on any atom is -0.461 e. The zero-order valence-corrected chi connectivity index (χ0v) is 20.5. The van der Waals surface area contributed by atoms with Gasteiger partial charge < -0.3 is 24.4 Å². The van der Waals surface area contributed by atoms with E-state index in [9.17, 15) is 19.5 Å². The van der Waals surface area contributed by atoms with Crippen LogP contribution in [0.3, 0.4) is 0 Å². The number of para-hydroxylation sites is 1. The van der Waals surface area contributed by atoms with E-state index in [1.807, 2.05) is 43.3 Å². The Labute approximate surface area is 213 Å². The Bertz CT molecular complexity index is 1320. The first-order chi connectivity index (χ1) is 18.0. The average Bonchev–Trinajstić information content (AvgIpc) is 3.43. The summed E-state index contributed by atoms with van der Waals surface area (Å²) in [7, 11) is 0. The molecule has 4 aliphatic rings. The maximum absolute atomic E-state index is 14.2. The molecular weight excluding hydrogens is 478 g/mol. The Morgan fingerprint density at radius 1 is 1.11 bits per heavy atom. The third-order valence-electron chi connectivity index (χ3n) is 8.06. The van der Waals surface area contributed by atoms with Crippen molar-refractivity contribution in [1.29, 1.82) is 0 Å². The molecule has 11 heteroatoms. The van der Waals surface area contributed by atoms with Crippen LogP contribution in [0.4, 0.5) is 0 Å². The van der Waals surface area contributed by atoms with Crippen LogP contribution in [0.15, 0.2) is 48.6 Å². The van der Waals surface area contributed by atoms with Crippen LogP contribution in [-0.2, 0) is 30.5 Å². The SMILES string of the molecule is CC[C@]12C=CCOC(=O)[C@H]1[C@H]1C(=O)N(CCCO)C3C(=O)N(Cn4nnc5ccccc54)CC=C[C@@]31O2. The molecule has 5 atom stereocenters. The van der Waals surface area contributed by atoms with Crippen molar-refractivity contribution < 1.29 is 29.0 Å². The number of aliphatic hydroxyl groups excluding tert-OH is 1. The normalized spacial score (nSPS) is 32.8. The molecular formula is C26H29N5O6. The lowest BCUT2D eigenvalue weighted by molar-refractivity contribution is -0.159. The van der Waals surface area contributed by atoms with Gasteiger partial charge in [-0.1, -0.05) is 42.5 Å². The average molecular weight is 508 g/mol. The van der Waals surface area contributed by atoms with E-state index < -0.39 is 35.0 Å². The maximum atomic E-state index is 14.2. The summed E-state index contributed by atoms with van der Waals surface area (Å²) in [6.07, 6.45) is 7.92. The largest absolute Gasteiger partial charge is 0.461 e. The number of carbonyl (C=O) groups is 3. The number of benzene rings is 1. The number of cyclic esters (lactones) is 1. The molecule has 1 N–H and O–H groups in total. The van der Waals surface area contributed by atoms with Crippen molar-refractivity contribution in [3.05, 3.63) is 48.6 Å². The molecule has 1 aromatic carbocycles. The number of rotatable bonds is 6. The third kappa shape index (κ3) is 3.37. The number of nitrogens with zero attached hydrogens (tertiary/aromatic N) is 5. The lowest BCUT2D eigenvalue weighted by atomic mass is 9.73. The van der Waals surface area contributed by atoms with Crippen LogP contribution in [0, 0.1) is 11.8 Å². The van der Waals surface area contributed by atoms with E-state index >= 15 is 0 Å². The molecule has 2 aromatic rings. The molecule has 4 aliphatic heterocycles. The number of fused-ring (bicyclic) bond motifs is 3. The second kappa shape index (κ2) is 8.77. The Morgan fingerprint density at radius 3 is 2.76 bits per heavy atom. The van der Waals surface area contributed by atoms with E-state index in [0.29, 0.717) is 18.4 Å². The quantitative estimate of drug-likeness (QED) is 0.446. The molecule has 6 rings (SSSR count). The number of hydrogen-bond acceptors (Lipinski definition) is 8. The zero-order valence-electron chi connectivity index (χ0n) is 20.5. The second-order valence-electron chi connectivity index (χ2n) is 9.95. The molecule has 2 fully saturated rings. The number of aromatic nitrogens is 3. The predicted molar refractivity (Wildman–Crippen MR) is 130 cm³/mol. The third-order valence-corrected chi connectivity index (χ3v) is 8.06. The van der Waals surface area contributed by atoms with Gasteiger partial charge in [-0.25, -0.2) is 4.68 Å². The van der Waals surface area contributed by atoms with Crippen molar-refractivity contribution in [2.75, 3.05) is 26.3 Å². The summed E-state index contributed by atoms with van der Waals surface area (Å²) in [6.45, 7) is 2.45. The smallest absolute Gasteiger partial charge is 0.313 e. The molecule has 5 heterocycles. The molecule has 194 valence electrons. The molecule has 0 aliphatic carbocycles. The van der Waals surface area contributed by atoms with Crippen molar-refractivity contribution >= 4 is 28.8 Å². The molecule has 0 bridgehead atoms. The fourth-order valence-electron chi connectivity index (χ4n) is 6.43. The van der Waals surface area contributed by atoms with Crippen LogP contribution in [-0.4, -0.2) is 91.2 Å². The molecule has 0 radical (unpaired) electrons. The number of likely N-dealkylation sites (tertiary alicyclic amines) is 1. The number of ether oxygens (including phenoxy) is 2. The zero-order chi connectivity index (χ0) is 25.8. The van der Waals surface area contributed by atoms with Gasteiger partial charge in [-0.15, -0.1) is 5.10 Å². The van der Waals surface area contributed by atoms with Gasteiger partial charge in [-0.05, 0) is 31.1 Å². The number of aliphatic hydroxyl groups is 1. The van der Waals surface area contributed by atoms with Crippen LogP contribution >= 0.6 is 0 Å². The van der Waals surface area contributed by atoms with Gasteiger partial charge in [0.2, 0.25) is 5.91 Å². The van der Waals surface area contributed by atoms with Crippen molar-refractivity contribution in [2.24, 2.45) is 11.8 Å². The summed E-state index contributed by atoms with van der Waals surface area (Å²) >= 11 is 0. The van der Waals surface area contributed by atoms with E-state index in [4.69, 9.17) is 9.47 Å². The number of amides is 2. The van der Waals surface area contributed by atoms with Crippen LogP contribution < -0.4 is 0 Å². The Morgan fingerprint density at radius 2 is 1.95 bits per heavy atom. The van der Waals surface area contributed by atoms with E-state index in [1.165, 1.54) is 4.90 Å². The van der Waals surface area contributed by atoms with E-state index in [2.05, 4.69) is 10.3 Å². The Hall–Kier alpha value is -3.57. The summed E-state index contributed by atoms with van der Waals surface area (Å²) in [5.41, 5.74) is -0.902.